The van der Waals surface area contributed by atoms with Crippen LogP contribution in [0.25, 0.3) is 11.6 Å². The number of ether oxygens (including phenoxy) is 1. The van der Waals surface area contributed by atoms with Gasteiger partial charge in [0, 0.05) is 128 Å². The Morgan fingerprint density at radius 1 is 0.835 bits per heavy atom. The molecule has 1 rings (SSSR count). The van der Waals surface area contributed by atoms with Crippen molar-refractivity contribution in [2.24, 2.45) is 26.7 Å². The van der Waals surface area contributed by atoms with Crippen molar-refractivity contribution in [2.75, 3.05) is 26.7 Å². The number of aliphatic imine (C=N–C) groups is 1. The molecule has 0 saturated heterocycles. The van der Waals surface area contributed by atoms with E-state index in [1.54, 1.807) is 12.3 Å². The number of halogens is 2. The quantitative estimate of drug-likeness (QED) is 0.00455. The normalized spacial score (nSPS) is 17.6. The Morgan fingerprint density at radius 2 is 1.24 bits per heavy atom. The van der Waals surface area contributed by atoms with E-state index in [0.29, 0.717) is 12.6 Å². The Labute approximate surface area is 664 Å². The van der Waals surface area contributed by atoms with Crippen LogP contribution in [0.1, 0.15) is 47.0 Å². The number of aldehydes is 1. The molecule has 1 fully saturated rings. The van der Waals surface area contributed by atoms with Crippen LogP contribution >= 0.6 is 163 Å². The second-order valence-electron chi connectivity index (χ2n) is 16.7. The summed E-state index contributed by atoms with van der Waals surface area (Å²) in [6.45, 7) is 17.9. The van der Waals surface area contributed by atoms with Gasteiger partial charge in [-0.2, -0.15) is 10.5 Å². The largest absolute Gasteiger partial charge is 0.724 e. The Hall–Kier alpha value is 5.59. The van der Waals surface area contributed by atoms with E-state index < -0.39 is 109 Å². The molecule has 0 aromatic carbocycles. The second kappa shape index (κ2) is 73.8. The molecule has 492 valence electrons. The molecule has 0 radical (unpaired) electrons. The van der Waals surface area contributed by atoms with E-state index in [1.165, 1.54) is 6.26 Å². The fraction of sp³-hybridized carbons (Fsp3) is 0.714. The Balaban J connectivity index is -0.0000000692. The van der Waals surface area contributed by atoms with Crippen molar-refractivity contribution in [3.05, 3.63) is 11.6 Å². The van der Waals surface area contributed by atoms with E-state index in [0.717, 1.165) is 71.7 Å². The van der Waals surface area contributed by atoms with Gasteiger partial charge in [0.05, 0.1) is 29.2 Å². The monoisotopic (exact) mass is 2630 g/mol. The van der Waals surface area contributed by atoms with Gasteiger partial charge in [-0.3, -0.25) is 24.0 Å². The predicted molar refractivity (Wildman–Crippen MR) is 369 cm³/mol. The minimum atomic E-state index is -2.40. The minimum absolute atomic E-state index is 0. The van der Waals surface area contributed by atoms with Gasteiger partial charge in [-0.25, -0.2) is 9.79 Å². The van der Waals surface area contributed by atoms with E-state index in [-0.39, 0.29) is 186 Å². The van der Waals surface area contributed by atoms with Gasteiger partial charge in [0.15, 0.2) is 4.99 Å². The number of aliphatic carboxylic acids is 5. The zero-order chi connectivity index (χ0) is 69.2. The van der Waals surface area contributed by atoms with E-state index >= 15 is 0 Å². The number of isocyanates is 2. The van der Waals surface area contributed by atoms with Crippen molar-refractivity contribution < 1.29 is 230 Å². The summed E-state index contributed by atoms with van der Waals surface area (Å²) in [5, 5.41) is 92.3. The fourth-order valence-electron chi connectivity index (χ4n) is 5.24. The van der Waals surface area contributed by atoms with Crippen molar-refractivity contribution in [1.29, 1.82) is 16.9 Å². The first-order valence-corrected chi connectivity index (χ1v) is 48.2. The number of carboxylic acids is 5. The second-order valence-corrected chi connectivity index (χ2v) is 46.5. The molecule has 0 amide bonds. The van der Waals surface area contributed by atoms with Gasteiger partial charge in [0.25, 0.3) is 12.5 Å². The molecule has 11 N–H and O–H groups in total. The van der Waals surface area contributed by atoms with Crippen LogP contribution in [0, 0.1) is 164 Å². The first kappa shape index (κ1) is 107. The fourth-order valence-corrected chi connectivity index (χ4v) is 20.2. The van der Waals surface area contributed by atoms with Gasteiger partial charge in [-0.15, -0.1) is 63.9 Å². The van der Waals surface area contributed by atoms with Crippen LogP contribution in [0.4, 0.5) is 0 Å². The maximum atomic E-state index is 10.3. The number of aliphatic hydroxyl groups excluding tert-OH is 3. The average Bonchev–Trinajstić information content (AvgIpc) is 3.33. The third-order valence-electron chi connectivity index (χ3n) is 7.75. The number of nitrogens with two attached hydrogens (primary N) is 2. The van der Waals surface area contributed by atoms with E-state index in [2.05, 4.69) is 108 Å². The molecule has 0 bridgehead atoms. The maximum absolute atomic E-state index is 10.3. The van der Waals surface area contributed by atoms with Gasteiger partial charge < -0.3 is 93.8 Å². The minimum Gasteiger partial charge on any atom is -0.724 e. The third kappa shape index (κ3) is 81.9. The molecule has 0 aromatic heterocycles. The first-order chi connectivity index (χ1) is 38.8. The van der Waals surface area contributed by atoms with Crippen molar-refractivity contribution in [3.8, 4) is 12.5 Å². The average molecular weight is 2640 g/mol. The van der Waals surface area contributed by atoms with E-state index in [9.17, 15) is 38.7 Å². The van der Waals surface area contributed by atoms with Crippen LogP contribution in [-0.2, 0) is 64.7 Å². The summed E-state index contributed by atoms with van der Waals surface area (Å²) in [5.74, 6) is -5.52. The molecule has 0 aliphatic heterocycles. The Bertz CT molecular complexity index is 2050. The molecule has 0 aromatic rings. The Morgan fingerprint density at radius 3 is 1.42 bits per heavy atom. The third-order valence-corrected chi connectivity index (χ3v) is 29.1. The number of nitriles is 2. The van der Waals surface area contributed by atoms with Crippen LogP contribution in [-0.4, -0.2) is 169 Å². The smallest absolute Gasteiger partial charge is 0.324 e. The number of carboxylic acid groups (broad SMARTS) is 5. The van der Waals surface area contributed by atoms with Crippen LogP contribution in [0.2, 0.25) is 39.3 Å². The summed E-state index contributed by atoms with van der Waals surface area (Å²) in [7, 11) is -2.59. The molecule has 85 heavy (non-hydrogen) atoms. The number of hydrogen-bond acceptors (Lipinski definition) is 26. The van der Waals surface area contributed by atoms with Gasteiger partial charge in [-0.1, -0.05) is 54.5 Å². The summed E-state index contributed by atoms with van der Waals surface area (Å²) in [6, 6.07) is 0. The molecule has 0 spiro atoms. The molecule has 0 heterocycles. The number of hydrogen-bond donors (Lipinski definition) is 8. The molecule has 15 unspecified atom stereocenters. The molecular formula is C35H76I2N6O22P9S4Si3U4-3. The van der Waals surface area contributed by atoms with Crippen LogP contribution in [0.3, 0.4) is 0 Å². The summed E-state index contributed by atoms with van der Waals surface area (Å²) < 4.78 is 64.9. The molecule has 1 aliphatic rings. The van der Waals surface area contributed by atoms with Crippen LogP contribution in [0.15, 0.2) is 4.99 Å². The predicted octanol–water partition coefficient (Wildman–Crippen LogP) is 7.45. The molecular weight excluding hydrogens is 2550 g/mol. The number of carbonyl (C=O) groups is 6. The van der Waals surface area contributed by atoms with E-state index in [1.807, 2.05) is 39.3 Å². The molecule has 1 saturated carbocycles. The SMILES string of the molecule is CC(C=O)(CO)C(=O)O.CC1(C)CC(OC#N)CC(C)(CN=C=O)C1.C[Si](C)(OCO)O[Si](C)(C)O[Si](C)(C)OCO.[2H]P(I)I.[2H]P(N)C(SP)C(=O)O.[2H]P(OC#N)C(SP)C(=O)O.[2H]PC(SP)C(=O)O.[2H]PC(SP)C(=O)[O-].[N-]=C=O.[NH2-].[U].[U].[U].[U]. The van der Waals surface area contributed by atoms with Gasteiger partial charge in [0.1, 0.15) is 51.4 Å². The van der Waals surface area contributed by atoms with Crippen molar-refractivity contribution in [2.45, 2.75) is 112 Å². The van der Waals surface area contributed by atoms with Crippen molar-refractivity contribution in [3.63, 3.8) is 0 Å². The first-order valence-electron chi connectivity index (χ1n) is 23.1. The number of carbonyl (C=O) groups excluding carboxylic acids is 4. The van der Waals surface area contributed by atoms with E-state index in [4.69, 9.17) is 90.2 Å². The summed E-state index contributed by atoms with van der Waals surface area (Å²) in [6.07, 6.45) is 7.93. The number of rotatable bonds is 27. The van der Waals surface area contributed by atoms with Gasteiger partial charge in [0.2, 0.25) is 6.08 Å². The molecule has 15 atom stereocenters. The van der Waals surface area contributed by atoms with Crippen molar-refractivity contribution in [1.82, 2.24) is 0 Å². The van der Waals surface area contributed by atoms with Gasteiger partial charge in [-0.05, 0) is 135 Å². The maximum Gasteiger partial charge on any atom is 0.324 e. The van der Waals surface area contributed by atoms with Crippen LogP contribution in [0.5, 0.6) is 0 Å². The summed E-state index contributed by atoms with van der Waals surface area (Å²) >= 11 is 8.23. The van der Waals surface area contributed by atoms with Gasteiger partial charge >= 0.3 is 49.6 Å². The number of nitrogens with zero attached hydrogens (tertiary/aromatic N) is 4. The zero-order valence-corrected chi connectivity index (χ0v) is 83.7. The standard InChI is InChI=1S/C12H18N2O2.C8H24O6Si3.C5H8O4.C3H5NO3P2S.C2H7NO2P2S.2C2H6O2P2S.CNO.HI2P.H2N.4U/c1-11(2)4-10(16-8-13)5-12(3,6-11)7-14-9-15;1-15(2,11-7-9)13-17(5,6)14-16(3,4)12-8-10;1-5(2-6,3-7)4(8)9;4-1-7-9-3(10-8)2(5)6;3-7-2(8-6)1(4)5;2*3-1(4)2(5)7-6;2-1-3;1-3-2;;;;;/h10H,4-7H2,1-3H3;9-10H,7-8H2,1-6H3;2,7H,3H2,1H3,(H,8,9);3,9H,8H2,(H,5,6);2,7H,3,6H2,(H,4,5);2*2H,5-6H2,(H,3,4);;3H;1H2;;;;/q;;;;;;;-1;;-1;;;;/p-1/i;;;9D;7D;2*5D;;3D;;;;;. The topological polar surface area (TPSA) is 498 Å². The molecule has 1 aliphatic carbocycles. The number of aliphatic hydroxyl groups is 3. The summed E-state index contributed by atoms with van der Waals surface area (Å²) in [4.78, 5) is 79.6. The zero-order valence-electron chi connectivity index (χ0n) is 52.2. The van der Waals surface area contributed by atoms with Crippen molar-refractivity contribution >= 4 is 237 Å². The summed E-state index contributed by atoms with van der Waals surface area (Å²) in [5.41, 5.74) is 3.49. The molecule has 28 nitrogen and oxygen atoms in total. The van der Waals surface area contributed by atoms with Crippen LogP contribution < -0.4 is 10.6 Å². The Kier molecular flexibility index (Phi) is 92.6. The molecule has 50 heteroatoms.